The van der Waals surface area contributed by atoms with Gasteiger partial charge in [0.15, 0.2) is 0 Å². The summed E-state index contributed by atoms with van der Waals surface area (Å²) in [6.45, 7) is -2.82. The van der Waals surface area contributed by atoms with Gasteiger partial charge in [0.05, 0.1) is 20.3 Å². The minimum absolute atomic E-state index is 0.0181. The number of aliphatic hydroxyl groups excluding tert-OH is 1. The third-order valence-electron chi connectivity index (χ3n) is 5.24. The molecule has 38 heavy (non-hydrogen) atoms. The van der Waals surface area contributed by atoms with E-state index in [1.54, 1.807) is 31.4 Å². The van der Waals surface area contributed by atoms with Crippen molar-refractivity contribution in [2.75, 3.05) is 26.9 Å². The van der Waals surface area contributed by atoms with Gasteiger partial charge in [0.2, 0.25) is 0 Å². The highest BCUT2D eigenvalue weighted by molar-refractivity contribution is 6.05. The van der Waals surface area contributed by atoms with Gasteiger partial charge < -0.3 is 30.0 Å². The highest BCUT2D eigenvalue weighted by Gasteiger charge is 2.15. The number of rotatable bonds is 13. The zero-order valence-corrected chi connectivity index (χ0v) is 20.7. The summed E-state index contributed by atoms with van der Waals surface area (Å²) in [6.07, 6.45) is 2.08. The molecule has 3 N–H and O–H groups in total. The van der Waals surface area contributed by atoms with Crippen LogP contribution in [0.1, 0.15) is 21.5 Å². The number of ether oxygens (including phenoxy) is 3. The molecular formula is C28H28F2N2O6. The SMILES string of the molecule is COc1ccc(CCOc2ccc(C(=O)N/C(=C/c3ccc(OC(F)F)cc3)C(=O)NCCO)cc2)cc1. The second kappa shape index (κ2) is 14.3. The molecule has 0 aliphatic carbocycles. The van der Waals surface area contributed by atoms with Crippen LogP contribution in [0.25, 0.3) is 6.08 Å². The molecule has 10 heteroatoms. The van der Waals surface area contributed by atoms with Crippen LogP contribution in [0, 0.1) is 0 Å². The number of hydrogen-bond donors (Lipinski definition) is 3. The summed E-state index contributed by atoms with van der Waals surface area (Å²) in [7, 11) is 1.61. The topological polar surface area (TPSA) is 106 Å². The number of amides is 2. The maximum absolute atomic E-state index is 12.8. The molecule has 0 saturated heterocycles. The van der Waals surface area contributed by atoms with Crippen LogP contribution in [0.5, 0.6) is 17.2 Å². The van der Waals surface area contributed by atoms with E-state index < -0.39 is 18.4 Å². The van der Waals surface area contributed by atoms with Crippen LogP contribution in [0.2, 0.25) is 0 Å². The average Bonchev–Trinajstić information content (AvgIpc) is 2.92. The van der Waals surface area contributed by atoms with Gasteiger partial charge in [0.1, 0.15) is 22.9 Å². The number of alkyl halides is 2. The second-order valence-corrected chi connectivity index (χ2v) is 7.91. The summed E-state index contributed by atoms with van der Waals surface area (Å²) >= 11 is 0. The summed E-state index contributed by atoms with van der Waals surface area (Å²) in [4.78, 5) is 25.4. The van der Waals surface area contributed by atoms with E-state index in [0.29, 0.717) is 24.3 Å². The molecule has 0 unspecified atom stereocenters. The van der Waals surface area contributed by atoms with Crippen LogP contribution < -0.4 is 24.8 Å². The van der Waals surface area contributed by atoms with Gasteiger partial charge in [-0.3, -0.25) is 9.59 Å². The van der Waals surface area contributed by atoms with Crippen molar-refractivity contribution < 1.29 is 37.7 Å². The fourth-order valence-electron chi connectivity index (χ4n) is 3.31. The van der Waals surface area contributed by atoms with Gasteiger partial charge >= 0.3 is 6.61 Å². The lowest BCUT2D eigenvalue weighted by atomic mass is 10.1. The van der Waals surface area contributed by atoms with Crippen molar-refractivity contribution in [3.8, 4) is 17.2 Å². The van der Waals surface area contributed by atoms with Gasteiger partial charge in [-0.05, 0) is 65.7 Å². The quantitative estimate of drug-likeness (QED) is 0.293. The lowest BCUT2D eigenvalue weighted by molar-refractivity contribution is -0.117. The second-order valence-electron chi connectivity index (χ2n) is 7.91. The number of nitrogens with one attached hydrogen (secondary N) is 2. The van der Waals surface area contributed by atoms with Gasteiger partial charge in [0.25, 0.3) is 11.8 Å². The zero-order chi connectivity index (χ0) is 27.3. The maximum atomic E-state index is 12.8. The molecule has 0 aliphatic heterocycles. The molecule has 0 aliphatic rings. The van der Waals surface area contributed by atoms with Crippen molar-refractivity contribution in [1.82, 2.24) is 10.6 Å². The van der Waals surface area contributed by atoms with E-state index in [9.17, 15) is 18.4 Å². The van der Waals surface area contributed by atoms with Crippen molar-refractivity contribution in [2.45, 2.75) is 13.0 Å². The van der Waals surface area contributed by atoms with E-state index >= 15 is 0 Å². The van der Waals surface area contributed by atoms with Gasteiger partial charge in [0, 0.05) is 18.5 Å². The molecule has 0 spiro atoms. The van der Waals surface area contributed by atoms with Gasteiger partial charge in [-0.1, -0.05) is 24.3 Å². The molecule has 3 aromatic carbocycles. The van der Waals surface area contributed by atoms with Crippen LogP contribution in [-0.4, -0.2) is 50.4 Å². The minimum Gasteiger partial charge on any atom is -0.497 e. The summed E-state index contributed by atoms with van der Waals surface area (Å²) in [5.41, 5.74) is 1.75. The van der Waals surface area contributed by atoms with E-state index in [1.807, 2.05) is 24.3 Å². The van der Waals surface area contributed by atoms with Crippen molar-refractivity contribution in [3.05, 3.63) is 95.2 Å². The Labute approximate surface area is 218 Å². The summed E-state index contributed by atoms with van der Waals surface area (Å²) < 4.78 is 40.0. The van der Waals surface area contributed by atoms with Gasteiger partial charge in [-0.25, -0.2) is 0 Å². The Kier molecular flexibility index (Phi) is 10.6. The largest absolute Gasteiger partial charge is 0.497 e. The summed E-state index contributed by atoms with van der Waals surface area (Å²) in [6, 6.07) is 19.7. The normalized spacial score (nSPS) is 11.1. The molecule has 0 saturated carbocycles. The standard InChI is InChI=1S/C28H28F2N2O6/c1-36-22-8-2-19(3-9-22)14-17-37-23-12-6-21(7-13-23)26(34)32-25(27(35)31-15-16-33)18-20-4-10-24(11-5-20)38-28(29)30/h2-13,18,28,33H,14-17H2,1H3,(H,31,35)(H,32,34)/b25-18+. The van der Waals surface area contributed by atoms with E-state index in [1.165, 1.54) is 30.3 Å². The molecule has 0 radical (unpaired) electrons. The Morgan fingerprint density at radius 1 is 0.921 bits per heavy atom. The number of aliphatic hydroxyl groups is 1. The third-order valence-corrected chi connectivity index (χ3v) is 5.24. The first-order valence-corrected chi connectivity index (χ1v) is 11.7. The average molecular weight is 527 g/mol. The van der Waals surface area contributed by atoms with Crippen LogP contribution in [0.15, 0.2) is 78.5 Å². The van der Waals surface area contributed by atoms with Crippen LogP contribution in [-0.2, 0) is 11.2 Å². The van der Waals surface area contributed by atoms with Crippen LogP contribution in [0.3, 0.4) is 0 Å². The number of carbonyl (C=O) groups is 2. The molecule has 0 heterocycles. The molecule has 3 aromatic rings. The van der Waals surface area contributed by atoms with Crippen molar-refractivity contribution in [2.24, 2.45) is 0 Å². The predicted octanol–water partition coefficient (Wildman–Crippen LogP) is 3.80. The Morgan fingerprint density at radius 2 is 1.55 bits per heavy atom. The molecule has 0 bridgehead atoms. The zero-order valence-electron chi connectivity index (χ0n) is 20.7. The van der Waals surface area contributed by atoms with Crippen molar-refractivity contribution in [3.63, 3.8) is 0 Å². The molecule has 0 fully saturated rings. The summed E-state index contributed by atoms with van der Waals surface area (Å²) in [5.74, 6) is 0.151. The smallest absolute Gasteiger partial charge is 0.387 e. The van der Waals surface area contributed by atoms with Crippen LogP contribution in [0.4, 0.5) is 8.78 Å². The summed E-state index contributed by atoms with van der Waals surface area (Å²) in [5, 5.41) is 14.0. The fraction of sp³-hybridized carbons (Fsp3) is 0.214. The Bertz CT molecular complexity index is 1210. The van der Waals surface area contributed by atoms with Crippen LogP contribution >= 0.6 is 0 Å². The highest BCUT2D eigenvalue weighted by atomic mass is 19.3. The minimum atomic E-state index is -2.96. The third kappa shape index (κ3) is 8.90. The van der Waals surface area contributed by atoms with E-state index in [4.69, 9.17) is 14.6 Å². The Hall–Kier alpha value is -4.44. The highest BCUT2D eigenvalue weighted by Crippen LogP contribution is 2.18. The predicted molar refractivity (Wildman–Crippen MR) is 137 cm³/mol. The van der Waals surface area contributed by atoms with Crippen molar-refractivity contribution in [1.29, 1.82) is 0 Å². The van der Waals surface area contributed by atoms with Crippen molar-refractivity contribution >= 4 is 17.9 Å². The molecule has 200 valence electrons. The first-order valence-electron chi connectivity index (χ1n) is 11.7. The number of methoxy groups -OCH3 is 1. The lowest BCUT2D eigenvalue weighted by Crippen LogP contribution is -2.36. The van der Waals surface area contributed by atoms with E-state index in [-0.39, 0.29) is 30.2 Å². The van der Waals surface area contributed by atoms with Gasteiger partial charge in [-0.2, -0.15) is 8.78 Å². The lowest BCUT2D eigenvalue weighted by Gasteiger charge is -2.12. The first kappa shape index (κ1) is 28.1. The molecule has 8 nitrogen and oxygen atoms in total. The van der Waals surface area contributed by atoms with E-state index in [2.05, 4.69) is 15.4 Å². The van der Waals surface area contributed by atoms with Gasteiger partial charge in [-0.15, -0.1) is 0 Å². The Balaban J connectivity index is 1.63. The fourth-order valence-corrected chi connectivity index (χ4v) is 3.31. The molecule has 0 aromatic heterocycles. The molecule has 3 rings (SSSR count). The Morgan fingerprint density at radius 3 is 2.16 bits per heavy atom. The molecule has 2 amide bonds. The number of benzene rings is 3. The number of carbonyl (C=O) groups excluding carboxylic acids is 2. The van der Waals surface area contributed by atoms with E-state index in [0.717, 1.165) is 11.3 Å². The molecular weight excluding hydrogens is 498 g/mol. The molecule has 0 atom stereocenters. The number of hydrogen-bond acceptors (Lipinski definition) is 6. The monoisotopic (exact) mass is 526 g/mol. The maximum Gasteiger partial charge on any atom is 0.387 e. The number of halogens is 2. The first-order chi connectivity index (χ1) is 18.4.